The second-order valence-corrected chi connectivity index (χ2v) is 38.3. The topological polar surface area (TPSA) is 31.2 Å². The standard InChI is InChI=1S/C14H17N2S8.C13H15N2S8.2C2H6/c1-10-12(9-14(2,23(17)18)24(19,20)21)22-13(15-10)16(3)11-7-5-4-6-8-11;1-9-11(13(2,22(16)17)23(18,19)20)21-12(14-9)15(3)10-7-5-4-6-8-10;2*1-2/h4-8,12H,1,9H2,2-3H3,(H,19,20,21);4-8,11H,1H2,2-3H3,(H,18,19,20);2*1-2H3/q2*-1;;. The molecule has 20 heteroatoms. The molecule has 286 valence electrons. The lowest BCUT2D eigenvalue weighted by Gasteiger charge is -2.42. The summed E-state index contributed by atoms with van der Waals surface area (Å²) in [6.07, 6.45) is -3.46. The largest absolute Gasteiger partial charge is 0.331 e. The highest BCUT2D eigenvalue weighted by molar-refractivity contribution is 8.95. The van der Waals surface area contributed by atoms with Crippen LogP contribution < -0.4 is 9.80 Å². The van der Waals surface area contributed by atoms with Gasteiger partial charge in [-0.15, -0.1) is 23.3 Å². The number of hydrogen-bond donors (Lipinski definition) is 2. The van der Waals surface area contributed by atoms with Crippen molar-refractivity contribution in [2.45, 2.75) is 66.6 Å². The molecule has 4 rings (SSSR count). The van der Waals surface area contributed by atoms with Crippen molar-refractivity contribution in [3.8, 4) is 0 Å². The molecule has 51 heavy (non-hydrogen) atoms. The summed E-state index contributed by atoms with van der Waals surface area (Å²) in [5, 5.41) is 1.68. The molecule has 0 N–H and O–H groups in total. The molecule has 2 aliphatic rings. The maximum atomic E-state index is 5.50. The van der Waals surface area contributed by atoms with Gasteiger partial charge in [0.2, 0.25) is 0 Å². The van der Waals surface area contributed by atoms with Gasteiger partial charge in [0.05, 0.1) is 10.5 Å². The molecule has 2 aromatic carbocycles. The molecule has 4 unspecified atom stereocenters. The molecule has 0 fully saturated rings. The normalized spacial score (nSPS) is 19.5. The number of thiol groups is 2. The Labute approximate surface area is 367 Å². The molecule has 0 bridgehead atoms. The molecule has 0 amide bonds. The number of para-hydroxylation sites is 2. The minimum absolute atomic E-state index is 0.0713. The fraction of sp³-hybridized carbons (Fsp3) is 0.419. The van der Waals surface area contributed by atoms with Crippen LogP contribution in [0.15, 0.2) is 95.2 Å². The Bertz CT molecular complexity index is 1940. The van der Waals surface area contributed by atoms with Crippen LogP contribution in [-0.4, -0.2) is 43.1 Å². The summed E-state index contributed by atoms with van der Waals surface area (Å²) in [7, 11) is 2.38. The summed E-state index contributed by atoms with van der Waals surface area (Å²) in [6, 6.07) is 20.1. The number of nitrogens with zero attached hydrogens (tertiary/aromatic N) is 4. The lowest BCUT2D eigenvalue weighted by molar-refractivity contribution is 0.781. The second-order valence-electron chi connectivity index (χ2n) is 10.4. The Morgan fingerprint density at radius 2 is 1.10 bits per heavy atom. The summed E-state index contributed by atoms with van der Waals surface area (Å²) in [5.74, 6) is 0. The van der Waals surface area contributed by atoms with Crippen LogP contribution in [0.3, 0.4) is 0 Å². The van der Waals surface area contributed by atoms with Crippen LogP contribution in [0, 0.1) is 0 Å². The van der Waals surface area contributed by atoms with Crippen molar-refractivity contribution >= 4 is 186 Å². The zero-order valence-electron chi connectivity index (χ0n) is 29.4. The maximum absolute atomic E-state index is 5.50. The third kappa shape index (κ3) is 13.0. The molecule has 2 aromatic rings. The highest BCUT2D eigenvalue weighted by Gasteiger charge is 2.40. The first kappa shape index (κ1) is 50.4. The van der Waals surface area contributed by atoms with E-state index in [2.05, 4.69) is 51.4 Å². The predicted molar refractivity (Wildman–Crippen MR) is 276 cm³/mol. The van der Waals surface area contributed by atoms with Gasteiger partial charge in [-0.3, -0.25) is 44.8 Å². The van der Waals surface area contributed by atoms with Crippen LogP contribution in [-0.2, 0) is 118 Å². The zero-order valence-corrected chi connectivity index (χ0v) is 42.7. The smallest absolute Gasteiger partial charge is 0.168 e. The van der Waals surface area contributed by atoms with Gasteiger partial charge in [-0.05, 0) is 83.6 Å². The van der Waals surface area contributed by atoms with Crippen molar-refractivity contribution in [3.63, 3.8) is 0 Å². The third-order valence-corrected chi connectivity index (χ3v) is 31.4. The number of hydrogen-bond acceptors (Lipinski definition) is 16. The van der Waals surface area contributed by atoms with E-state index in [1.165, 1.54) is 0 Å². The SMILES string of the molecule is C=C1N=C(N(C)c2ccccc2)SC1C(C)([S-](=S)=S)S(=S)(=S)S.C=C1N=C(N(C)c2ccccc2)SC1CC(C)([S-](=S)=S)S(=S)(=S)S.CC.CC. The van der Waals surface area contributed by atoms with Gasteiger partial charge in [0, 0.05) is 36.9 Å². The summed E-state index contributed by atoms with van der Waals surface area (Å²) >= 11 is 55.8. The average Bonchev–Trinajstić information content (AvgIpc) is 3.67. The Balaban J connectivity index is 0.000000465. The van der Waals surface area contributed by atoms with E-state index in [0.29, 0.717) is 12.1 Å². The van der Waals surface area contributed by atoms with E-state index < -0.39 is 36.5 Å². The fourth-order valence-electron chi connectivity index (χ4n) is 4.10. The van der Waals surface area contributed by atoms with Gasteiger partial charge in [0.15, 0.2) is 10.3 Å². The Hall–Kier alpha value is 1.42. The van der Waals surface area contributed by atoms with E-state index >= 15 is 0 Å². The Morgan fingerprint density at radius 1 is 0.706 bits per heavy atom. The Kier molecular flexibility index (Phi) is 22.1. The van der Waals surface area contributed by atoms with Crippen molar-refractivity contribution < 1.29 is 0 Å². The quantitative estimate of drug-likeness (QED) is 0.143. The van der Waals surface area contributed by atoms with Crippen LogP contribution in [0.25, 0.3) is 0 Å². The molecule has 4 atom stereocenters. The van der Waals surface area contributed by atoms with Gasteiger partial charge in [-0.25, -0.2) is 9.98 Å². The van der Waals surface area contributed by atoms with Crippen LogP contribution >= 0.6 is 46.8 Å². The highest BCUT2D eigenvalue weighted by Crippen LogP contribution is 2.44. The number of thioether (sulfide) groups is 2. The van der Waals surface area contributed by atoms with Gasteiger partial charge in [0.1, 0.15) is 0 Å². The summed E-state index contributed by atoms with van der Waals surface area (Å²) in [4.78, 5) is 13.3. The lowest BCUT2D eigenvalue weighted by Crippen LogP contribution is -2.43. The molecule has 0 saturated carbocycles. The van der Waals surface area contributed by atoms with E-state index in [4.69, 9.17) is 89.5 Å². The number of anilines is 2. The lowest BCUT2D eigenvalue weighted by atomic mass is 10.2. The number of benzene rings is 2. The maximum Gasteiger partial charge on any atom is 0.168 e. The minimum Gasteiger partial charge on any atom is -0.331 e. The molecular formula is C31H44N4S16-2. The zero-order chi connectivity index (χ0) is 39.5. The highest BCUT2D eigenvalue weighted by atomic mass is 33.5. The van der Waals surface area contributed by atoms with E-state index in [0.717, 1.165) is 27.4 Å². The second kappa shape index (κ2) is 22.4. The molecule has 2 aliphatic heterocycles. The summed E-state index contributed by atoms with van der Waals surface area (Å²) in [5.41, 5.74) is 3.64. The van der Waals surface area contributed by atoms with Gasteiger partial charge < -0.3 is 25.8 Å². The van der Waals surface area contributed by atoms with Gasteiger partial charge in [-0.1, -0.05) is 127 Å². The van der Waals surface area contributed by atoms with Crippen molar-refractivity contribution in [3.05, 3.63) is 85.2 Å². The fourth-order valence-corrected chi connectivity index (χ4v) is 26.3. The average molecular weight is 986 g/mol. The summed E-state index contributed by atoms with van der Waals surface area (Å²) in [6.45, 7) is 20.1. The molecule has 0 radical (unpaired) electrons. The molecule has 0 spiro atoms. The third-order valence-electron chi connectivity index (χ3n) is 7.26. The van der Waals surface area contributed by atoms with E-state index in [1.807, 2.05) is 121 Å². The van der Waals surface area contributed by atoms with Crippen molar-refractivity contribution in [2.24, 2.45) is 9.98 Å². The van der Waals surface area contributed by atoms with Crippen molar-refractivity contribution in [2.75, 3.05) is 23.9 Å². The first-order valence-electron chi connectivity index (χ1n) is 15.2. The molecule has 0 aliphatic carbocycles. The van der Waals surface area contributed by atoms with Gasteiger partial charge in [0.25, 0.3) is 0 Å². The van der Waals surface area contributed by atoms with Crippen LogP contribution in [0.5, 0.6) is 0 Å². The molecular weight excluding hydrogens is 941 g/mol. The molecule has 2 heterocycles. The van der Waals surface area contributed by atoms with Crippen LogP contribution in [0.2, 0.25) is 0 Å². The molecule has 4 nitrogen and oxygen atoms in total. The first-order chi connectivity index (χ1) is 23.6. The first-order valence-corrected chi connectivity index (χ1v) is 32.2. The van der Waals surface area contributed by atoms with Gasteiger partial charge in [-0.2, -0.15) is 0 Å². The predicted octanol–water partition coefficient (Wildman–Crippen LogP) is 9.02. The number of aliphatic imine (C=N–C) groups is 2. The number of rotatable bonds is 9. The Morgan fingerprint density at radius 3 is 1.45 bits per heavy atom. The molecule has 0 aromatic heterocycles. The van der Waals surface area contributed by atoms with Crippen molar-refractivity contribution in [1.29, 1.82) is 0 Å². The van der Waals surface area contributed by atoms with E-state index in [1.54, 1.807) is 23.5 Å². The van der Waals surface area contributed by atoms with Crippen LogP contribution in [0.1, 0.15) is 48.0 Å². The van der Waals surface area contributed by atoms with E-state index in [-0.39, 0.29) is 10.5 Å². The number of amidine groups is 2. The summed E-state index contributed by atoms with van der Waals surface area (Å²) < 4.78 is -1.17. The van der Waals surface area contributed by atoms with Gasteiger partial charge >= 0.3 is 0 Å². The monoisotopic (exact) mass is 984 g/mol. The van der Waals surface area contributed by atoms with Crippen molar-refractivity contribution in [1.82, 2.24) is 0 Å². The molecule has 0 saturated heterocycles. The van der Waals surface area contributed by atoms with Crippen LogP contribution in [0.4, 0.5) is 11.4 Å². The van der Waals surface area contributed by atoms with E-state index in [9.17, 15) is 0 Å². The minimum atomic E-state index is -2.10.